The van der Waals surface area contributed by atoms with Crippen molar-refractivity contribution in [2.75, 3.05) is 13.9 Å². The first-order chi connectivity index (χ1) is 12.8. The summed E-state index contributed by atoms with van der Waals surface area (Å²) in [5.74, 6) is 2.72. The molecule has 0 N–H and O–H groups in total. The summed E-state index contributed by atoms with van der Waals surface area (Å²) < 4.78 is 20.2. The van der Waals surface area contributed by atoms with Crippen LogP contribution in [0.4, 0.5) is 0 Å². The van der Waals surface area contributed by atoms with Crippen molar-refractivity contribution in [3.05, 3.63) is 42.7 Å². The largest absolute Gasteiger partial charge is 0.496 e. The Morgan fingerprint density at radius 1 is 1.15 bits per heavy atom. The van der Waals surface area contributed by atoms with Gasteiger partial charge < -0.3 is 14.2 Å². The van der Waals surface area contributed by atoms with Crippen LogP contribution in [0, 0.1) is 0 Å². The lowest BCUT2D eigenvalue weighted by Crippen LogP contribution is -1.99. The average molecular weight is 349 g/mol. The molecule has 0 atom stereocenters. The molecule has 8 heteroatoms. The van der Waals surface area contributed by atoms with E-state index in [1.54, 1.807) is 18.0 Å². The summed E-state index contributed by atoms with van der Waals surface area (Å²) >= 11 is 0. The van der Waals surface area contributed by atoms with Gasteiger partial charge in [0.2, 0.25) is 6.79 Å². The number of aromatic nitrogens is 5. The van der Waals surface area contributed by atoms with Crippen molar-refractivity contribution in [1.82, 2.24) is 24.5 Å². The number of nitrogens with zero attached hydrogens (tertiary/aromatic N) is 5. The van der Waals surface area contributed by atoms with Crippen molar-refractivity contribution in [3.63, 3.8) is 0 Å². The van der Waals surface area contributed by atoms with Crippen LogP contribution in [0.15, 0.2) is 42.7 Å². The highest BCUT2D eigenvalue weighted by Gasteiger charge is 2.22. The topological polar surface area (TPSA) is 76.2 Å². The van der Waals surface area contributed by atoms with Crippen molar-refractivity contribution in [2.24, 2.45) is 7.05 Å². The molecule has 0 amide bonds. The molecule has 26 heavy (non-hydrogen) atoms. The van der Waals surface area contributed by atoms with E-state index in [4.69, 9.17) is 14.2 Å². The molecule has 0 fully saturated rings. The van der Waals surface area contributed by atoms with Gasteiger partial charge in [-0.25, -0.2) is 9.67 Å². The molecule has 0 unspecified atom stereocenters. The Bertz CT molecular complexity index is 1130. The van der Waals surface area contributed by atoms with Crippen LogP contribution < -0.4 is 14.2 Å². The summed E-state index contributed by atoms with van der Waals surface area (Å²) in [5, 5.41) is 8.42. The first-order valence-corrected chi connectivity index (χ1v) is 8.06. The highest BCUT2D eigenvalue weighted by molar-refractivity contribution is 5.84. The number of benzene rings is 2. The predicted molar refractivity (Wildman–Crippen MR) is 93.7 cm³/mol. The maximum absolute atomic E-state index is 5.56. The van der Waals surface area contributed by atoms with Crippen molar-refractivity contribution < 1.29 is 14.2 Å². The summed E-state index contributed by atoms with van der Waals surface area (Å²) in [7, 11) is 3.49. The standard InChI is InChI=1S/C18H15N5O3/c1-22-12-4-3-5-13(17(12)20-21-22)23-7-6-19-18(23)11-8-15-16(26-10-25-15)9-14(11)24-2/h3-9H,10H2,1-2H3. The van der Waals surface area contributed by atoms with Crippen LogP contribution in [0.25, 0.3) is 28.1 Å². The summed E-state index contributed by atoms with van der Waals surface area (Å²) in [6.45, 7) is 0.204. The number of methoxy groups -OCH3 is 1. The van der Waals surface area contributed by atoms with E-state index in [1.807, 2.05) is 48.1 Å². The van der Waals surface area contributed by atoms with E-state index in [0.29, 0.717) is 17.2 Å². The number of imidazole rings is 1. The van der Waals surface area contributed by atoms with Gasteiger partial charge in [0, 0.05) is 25.5 Å². The second-order valence-electron chi connectivity index (χ2n) is 5.88. The highest BCUT2D eigenvalue weighted by atomic mass is 16.7. The number of fused-ring (bicyclic) bond motifs is 2. The molecular formula is C18H15N5O3. The molecule has 5 rings (SSSR count). The SMILES string of the molecule is COc1cc2c(cc1-c1nccn1-c1cccc3c1nnn3C)OCO2. The van der Waals surface area contributed by atoms with Gasteiger partial charge in [-0.15, -0.1) is 5.10 Å². The zero-order chi connectivity index (χ0) is 17.7. The molecule has 3 heterocycles. The zero-order valence-electron chi connectivity index (χ0n) is 14.2. The Kier molecular flexibility index (Phi) is 3.11. The Morgan fingerprint density at radius 2 is 2.00 bits per heavy atom. The van der Waals surface area contributed by atoms with Gasteiger partial charge in [0.25, 0.3) is 0 Å². The molecule has 0 aliphatic carbocycles. The van der Waals surface area contributed by atoms with E-state index in [2.05, 4.69) is 15.3 Å². The summed E-state index contributed by atoms with van der Waals surface area (Å²) in [5.41, 5.74) is 3.44. The summed E-state index contributed by atoms with van der Waals surface area (Å²) in [6, 6.07) is 9.65. The molecule has 4 aromatic rings. The number of rotatable bonds is 3. The number of ether oxygens (including phenoxy) is 3. The summed E-state index contributed by atoms with van der Waals surface area (Å²) in [4.78, 5) is 4.54. The van der Waals surface area contributed by atoms with Gasteiger partial charge in [-0.3, -0.25) is 4.57 Å². The number of aryl methyl sites for hydroxylation is 1. The molecular weight excluding hydrogens is 334 g/mol. The Morgan fingerprint density at radius 3 is 2.85 bits per heavy atom. The van der Waals surface area contributed by atoms with Gasteiger partial charge in [-0.05, 0) is 18.2 Å². The maximum Gasteiger partial charge on any atom is 0.231 e. The van der Waals surface area contributed by atoms with Crippen molar-refractivity contribution >= 4 is 11.0 Å². The minimum Gasteiger partial charge on any atom is -0.496 e. The maximum atomic E-state index is 5.56. The Balaban J connectivity index is 1.73. The first kappa shape index (κ1) is 14.8. The van der Waals surface area contributed by atoms with Gasteiger partial charge in [0.1, 0.15) is 17.1 Å². The van der Waals surface area contributed by atoms with E-state index in [-0.39, 0.29) is 6.79 Å². The van der Waals surface area contributed by atoms with Gasteiger partial charge in [-0.2, -0.15) is 0 Å². The fourth-order valence-electron chi connectivity index (χ4n) is 3.20. The highest BCUT2D eigenvalue weighted by Crippen LogP contribution is 2.42. The molecule has 0 radical (unpaired) electrons. The molecule has 2 aromatic carbocycles. The monoisotopic (exact) mass is 349 g/mol. The van der Waals surface area contributed by atoms with Gasteiger partial charge >= 0.3 is 0 Å². The van der Waals surface area contributed by atoms with Gasteiger partial charge in [0.15, 0.2) is 11.5 Å². The third-order valence-electron chi connectivity index (χ3n) is 4.46. The molecule has 1 aliphatic rings. The summed E-state index contributed by atoms with van der Waals surface area (Å²) in [6.07, 6.45) is 3.64. The first-order valence-electron chi connectivity index (χ1n) is 8.06. The van der Waals surface area contributed by atoms with E-state index in [9.17, 15) is 0 Å². The van der Waals surface area contributed by atoms with Crippen LogP contribution in [0.5, 0.6) is 17.2 Å². The molecule has 0 saturated carbocycles. The minimum atomic E-state index is 0.204. The van der Waals surface area contributed by atoms with Gasteiger partial charge in [0.05, 0.1) is 23.9 Å². The van der Waals surface area contributed by atoms with Crippen LogP contribution in [-0.4, -0.2) is 38.4 Å². The quantitative estimate of drug-likeness (QED) is 0.566. The minimum absolute atomic E-state index is 0.204. The fourth-order valence-corrected chi connectivity index (χ4v) is 3.20. The van der Waals surface area contributed by atoms with E-state index >= 15 is 0 Å². The van der Waals surface area contributed by atoms with E-state index in [0.717, 1.165) is 28.1 Å². The molecule has 1 aliphatic heterocycles. The second kappa shape index (κ2) is 5.48. The second-order valence-corrected chi connectivity index (χ2v) is 5.88. The van der Waals surface area contributed by atoms with Crippen LogP contribution in [-0.2, 0) is 7.05 Å². The van der Waals surface area contributed by atoms with Crippen molar-refractivity contribution in [1.29, 1.82) is 0 Å². The normalized spacial score (nSPS) is 12.7. The lowest BCUT2D eigenvalue weighted by Gasteiger charge is -2.12. The Hall–Kier alpha value is -3.55. The smallest absolute Gasteiger partial charge is 0.231 e. The predicted octanol–water partition coefficient (Wildman–Crippen LogP) is 2.56. The fraction of sp³-hybridized carbons (Fsp3) is 0.167. The number of hydrogen-bond donors (Lipinski definition) is 0. The van der Waals surface area contributed by atoms with Crippen LogP contribution in [0.2, 0.25) is 0 Å². The third-order valence-corrected chi connectivity index (χ3v) is 4.46. The molecule has 8 nitrogen and oxygen atoms in total. The van der Waals surface area contributed by atoms with Crippen LogP contribution in [0.3, 0.4) is 0 Å². The molecule has 130 valence electrons. The van der Waals surface area contributed by atoms with Crippen molar-refractivity contribution in [2.45, 2.75) is 0 Å². The lowest BCUT2D eigenvalue weighted by atomic mass is 10.1. The van der Waals surface area contributed by atoms with E-state index in [1.165, 1.54) is 0 Å². The Labute approximate surface area is 148 Å². The van der Waals surface area contributed by atoms with Crippen LogP contribution in [0.1, 0.15) is 0 Å². The molecule has 0 saturated heterocycles. The van der Waals surface area contributed by atoms with Crippen molar-refractivity contribution in [3.8, 4) is 34.3 Å². The van der Waals surface area contributed by atoms with Gasteiger partial charge in [-0.1, -0.05) is 11.3 Å². The zero-order valence-corrected chi connectivity index (χ0v) is 14.2. The average Bonchev–Trinajstić information content (AvgIpc) is 3.39. The van der Waals surface area contributed by atoms with E-state index < -0.39 is 0 Å². The molecule has 0 spiro atoms. The molecule has 2 aromatic heterocycles. The number of hydrogen-bond acceptors (Lipinski definition) is 6. The lowest BCUT2D eigenvalue weighted by molar-refractivity contribution is 0.174. The van der Waals surface area contributed by atoms with Crippen LogP contribution >= 0.6 is 0 Å². The third kappa shape index (κ3) is 2.05. The molecule has 0 bridgehead atoms.